The van der Waals surface area contributed by atoms with Crippen LogP contribution in [0.25, 0.3) is 11.0 Å². The van der Waals surface area contributed by atoms with Crippen LogP contribution in [0.5, 0.6) is 0 Å². The first-order valence-electron chi connectivity index (χ1n) is 6.55. The molecule has 0 saturated heterocycles. The molecule has 0 N–H and O–H groups in total. The van der Waals surface area contributed by atoms with Crippen molar-refractivity contribution in [3.63, 3.8) is 0 Å². The summed E-state index contributed by atoms with van der Waals surface area (Å²) in [5.74, 6) is 0.0666. The number of aryl methyl sites for hydroxylation is 1. The average molecular weight is 263 g/mol. The molecule has 1 aromatic carbocycles. The summed E-state index contributed by atoms with van der Waals surface area (Å²) >= 11 is 0. The summed E-state index contributed by atoms with van der Waals surface area (Å²) in [6.07, 6.45) is 3.72. The van der Waals surface area contributed by atoms with Crippen molar-refractivity contribution in [1.29, 1.82) is 0 Å². The van der Waals surface area contributed by atoms with Crippen LogP contribution >= 0.6 is 0 Å². The highest BCUT2D eigenvalue weighted by atomic mass is 16.2. The van der Waals surface area contributed by atoms with E-state index in [0.29, 0.717) is 6.54 Å². The smallest absolute Gasteiger partial charge is 0.258 e. The van der Waals surface area contributed by atoms with Gasteiger partial charge in [-0.25, -0.2) is 4.98 Å². The van der Waals surface area contributed by atoms with Gasteiger partial charge in [0, 0.05) is 30.4 Å². The highest BCUT2D eigenvalue weighted by Gasteiger charge is 2.29. The molecule has 1 aliphatic heterocycles. The molecule has 0 fully saturated rings. The molecule has 98 valence electrons. The van der Waals surface area contributed by atoms with E-state index in [9.17, 15) is 4.79 Å². The predicted octanol–water partition coefficient (Wildman–Crippen LogP) is 2.73. The molecule has 0 bridgehead atoms. The summed E-state index contributed by atoms with van der Waals surface area (Å²) in [7, 11) is 1.96. The molecule has 0 aliphatic carbocycles. The molecule has 3 heterocycles. The molecule has 0 spiro atoms. The van der Waals surface area contributed by atoms with Crippen molar-refractivity contribution in [3.8, 4) is 0 Å². The lowest BCUT2D eigenvalue weighted by atomic mass is 10.1. The topological polar surface area (TPSA) is 38.1 Å². The Morgan fingerprint density at radius 3 is 2.85 bits per heavy atom. The molecule has 1 amide bonds. The van der Waals surface area contributed by atoms with E-state index in [2.05, 4.69) is 4.98 Å². The van der Waals surface area contributed by atoms with Gasteiger partial charge in [-0.3, -0.25) is 4.79 Å². The van der Waals surface area contributed by atoms with E-state index >= 15 is 0 Å². The minimum absolute atomic E-state index is 0.0666. The second kappa shape index (κ2) is 3.93. The Morgan fingerprint density at radius 1 is 1.15 bits per heavy atom. The van der Waals surface area contributed by atoms with E-state index in [1.54, 1.807) is 6.20 Å². The summed E-state index contributed by atoms with van der Waals surface area (Å²) in [5, 5.41) is 1.01. The van der Waals surface area contributed by atoms with Crippen LogP contribution in [0.1, 0.15) is 15.9 Å². The molecule has 4 heteroatoms. The highest BCUT2D eigenvalue weighted by molar-refractivity contribution is 6.13. The lowest BCUT2D eigenvalue weighted by Crippen LogP contribution is -2.23. The molecule has 4 rings (SSSR count). The number of aromatic nitrogens is 2. The molecule has 2 aromatic heterocycles. The monoisotopic (exact) mass is 263 g/mol. The lowest BCUT2D eigenvalue weighted by Gasteiger charge is -2.16. The van der Waals surface area contributed by atoms with Crippen molar-refractivity contribution >= 4 is 22.6 Å². The summed E-state index contributed by atoms with van der Waals surface area (Å²) in [6.45, 7) is 0.628. The highest BCUT2D eigenvalue weighted by Crippen LogP contribution is 2.32. The second-order valence-corrected chi connectivity index (χ2v) is 5.04. The number of benzene rings is 1. The van der Waals surface area contributed by atoms with Gasteiger partial charge in [0.1, 0.15) is 5.65 Å². The normalized spacial score (nSPS) is 14.1. The van der Waals surface area contributed by atoms with Crippen LogP contribution in [0.4, 0.5) is 5.69 Å². The van der Waals surface area contributed by atoms with Gasteiger partial charge in [0.25, 0.3) is 5.91 Å². The van der Waals surface area contributed by atoms with Gasteiger partial charge in [-0.15, -0.1) is 0 Å². The fraction of sp³-hybridized carbons (Fsp3) is 0.125. The first-order valence-corrected chi connectivity index (χ1v) is 6.55. The van der Waals surface area contributed by atoms with Gasteiger partial charge in [-0.05, 0) is 23.8 Å². The number of rotatable bonds is 1. The standard InChI is InChI=1S/C16H13N3O/c1-18-9-7-13-14(6-8-17-15(13)18)19-10-11-4-2-3-5-12(11)16(19)20/h2-9H,10H2,1H3. The first kappa shape index (κ1) is 11.2. The summed E-state index contributed by atoms with van der Waals surface area (Å²) in [6, 6.07) is 11.7. The van der Waals surface area contributed by atoms with Crippen molar-refractivity contribution in [2.75, 3.05) is 4.90 Å². The predicted molar refractivity (Wildman–Crippen MR) is 77.7 cm³/mol. The van der Waals surface area contributed by atoms with Gasteiger partial charge in [0.2, 0.25) is 0 Å². The zero-order valence-electron chi connectivity index (χ0n) is 11.1. The minimum Gasteiger partial charge on any atom is -0.336 e. The molecule has 20 heavy (non-hydrogen) atoms. The average Bonchev–Trinajstić information content (AvgIpc) is 3.01. The number of pyridine rings is 1. The van der Waals surface area contributed by atoms with E-state index in [-0.39, 0.29) is 5.91 Å². The maximum atomic E-state index is 12.5. The van der Waals surface area contributed by atoms with Gasteiger partial charge >= 0.3 is 0 Å². The Hall–Kier alpha value is -2.62. The summed E-state index contributed by atoms with van der Waals surface area (Å²) in [5.41, 5.74) is 3.70. The molecular formula is C16H13N3O. The van der Waals surface area contributed by atoms with Crippen molar-refractivity contribution in [3.05, 3.63) is 59.9 Å². The maximum absolute atomic E-state index is 12.5. The molecule has 0 unspecified atom stereocenters. The van der Waals surface area contributed by atoms with E-state index in [4.69, 9.17) is 0 Å². The molecular weight excluding hydrogens is 250 g/mol. The molecule has 4 nitrogen and oxygen atoms in total. The molecule has 1 aliphatic rings. The van der Waals surface area contributed by atoms with Crippen molar-refractivity contribution < 1.29 is 4.79 Å². The van der Waals surface area contributed by atoms with Gasteiger partial charge in [0.15, 0.2) is 0 Å². The van der Waals surface area contributed by atoms with Gasteiger partial charge in [-0.2, -0.15) is 0 Å². The number of hydrogen-bond donors (Lipinski definition) is 0. The number of fused-ring (bicyclic) bond motifs is 2. The Labute approximate surface area is 116 Å². The second-order valence-electron chi connectivity index (χ2n) is 5.04. The summed E-state index contributed by atoms with van der Waals surface area (Å²) in [4.78, 5) is 18.7. The van der Waals surface area contributed by atoms with Crippen LogP contribution in [-0.2, 0) is 13.6 Å². The van der Waals surface area contributed by atoms with Gasteiger partial charge in [-0.1, -0.05) is 18.2 Å². The van der Waals surface area contributed by atoms with Crippen LogP contribution in [0, 0.1) is 0 Å². The number of nitrogens with zero attached hydrogens (tertiary/aromatic N) is 3. The van der Waals surface area contributed by atoms with Gasteiger partial charge in [0.05, 0.1) is 12.2 Å². The minimum atomic E-state index is 0.0666. The third kappa shape index (κ3) is 1.42. The van der Waals surface area contributed by atoms with Crippen LogP contribution in [0.2, 0.25) is 0 Å². The molecule has 0 radical (unpaired) electrons. The zero-order valence-corrected chi connectivity index (χ0v) is 11.1. The van der Waals surface area contributed by atoms with E-state index in [1.807, 2.05) is 59.1 Å². The molecule has 3 aromatic rings. The first-order chi connectivity index (χ1) is 9.75. The van der Waals surface area contributed by atoms with Gasteiger partial charge < -0.3 is 9.47 Å². The largest absolute Gasteiger partial charge is 0.336 e. The quantitative estimate of drug-likeness (QED) is 0.677. The fourth-order valence-corrected chi connectivity index (χ4v) is 2.83. The van der Waals surface area contributed by atoms with E-state index in [1.165, 1.54) is 0 Å². The summed E-state index contributed by atoms with van der Waals surface area (Å²) < 4.78 is 1.96. The number of carbonyl (C=O) groups excluding carboxylic acids is 1. The zero-order chi connectivity index (χ0) is 13.7. The van der Waals surface area contributed by atoms with Crippen LogP contribution in [-0.4, -0.2) is 15.5 Å². The SMILES string of the molecule is Cn1ccc2c(N3Cc4ccccc4C3=O)ccnc21. The van der Waals surface area contributed by atoms with Crippen molar-refractivity contribution in [2.45, 2.75) is 6.54 Å². The Balaban J connectivity index is 1.88. The van der Waals surface area contributed by atoms with E-state index < -0.39 is 0 Å². The van der Waals surface area contributed by atoms with Crippen molar-refractivity contribution in [2.24, 2.45) is 7.05 Å². The Kier molecular flexibility index (Phi) is 2.21. The maximum Gasteiger partial charge on any atom is 0.258 e. The molecule has 0 atom stereocenters. The third-order valence-electron chi connectivity index (χ3n) is 3.86. The molecule has 0 saturated carbocycles. The van der Waals surface area contributed by atoms with Crippen molar-refractivity contribution in [1.82, 2.24) is 9.55 Å². The Morgan fingerprint density at radius 2 is 2.00 bits per heavy atom. The number of carbonyl (C=O) groups is 1. The van der Waals surface area contributed by atoms with E-state index in [0.717, 1.165) is 27.8 Å². The lowest BCUT2D eigenvalue weighted by molar-refractivity contribution is 0.0997. The van der Waals surface area contributed by atoms with Crippen LogP contribution < -0.4 is 4.90 Å². The van der Waals surface area contributed by atoms with Crippen LogP contribution in [0.3, 0.4) is 0 Å². The number of anilines is 1. The third-order valence-corrected chi connectivity index (χ3v) is 3.86. The fourth-order valence-electron chi connectivity index (χ4n) is 2.83. The number of amides is 1. The van der Waals surface area contributed by atoms with Crippen LogP contribution in [0.15, 0.2) is 48.8 Å². The number of hydrogen-bond acceptors (Lipinski definition) is 2. The Bertz CT molecular complexity index is 835.